The van der Waals surface area contributed by atoms with Gasteiger partial charge in [-0.15, -0.1) is 11.6 Å². The summed E-state index contributed by atoms with van der Waals surface area (Å²) in [5.41, 5.74) is -0.525. The molecule has 0 bridgehead atoms. The van der Waals surface area contributed by atoms with Gasteiger partial charge in [0.1, 0.15) is 11.5 Å². The molecule has 16 heavy (non-hydrogen) atoms. The Hall–Kier alpha value is -0.970. The second-order valence-electron chi connectivity index (χ2n) is 4.48. The third-order valence-electron chi connectivity index (χ3n) is 1.49. The van der Waals surface area contributed by atoms with Crippen LogP contribution in [0.25, 0.3) is 0 Å². The van der Waals surface area contributed by atoms with E-state index in [0.717, 1.165) is 0 Å². The van der Waals surface area contributed by atoms with Crippen molar-refractivity contribution in [2.45, 2.75) is 39.3 Å². The second kappa shape index (κ2) is 6.58. The fourth-order valence-corrected chi connectivity index (χ4v) is 0.968. The molecule has 2 amide bonds. The number of hydrogen-bond acceptors (Lipinski definition) is 3. The summed E-state index contributed by atoms with van der Waals surface area (Å²) in [7, 11) is 0. The number of carbonyl (C=O) groups is 2. The summed E-state index contributed by atoms with van der Waals surface area (Å²) in [6.07, 6.45) is -0.500. The lowest BCUT2D eigenvalue weighted by atomic mass is 10.2. The van der Waals surface area contributed by atoms with Crippen LogP contribution in [0.4, 0.5) is 4.79 Å². The molecule has 5 nitrogen and oxygen atoms in total. The molecule has 0 aromatic carbocycles. The minimum Gasteiger partial charge on any atom is -0.444 e. The highest BCUT2D eigenvalue weighted by Crippen LogP contribution is 2.06. The fourth-order valence-electron chi connectivity index (χ4n) is 0.874. The monoisotopic (exact) mass is 250 g/mol. The average Bonchev–Trinajstić information content (AvgIpc) is 2.10. The Morgan fingerprint density at radius 2 is 1.94 bits per heavy atom. The third-order valence-corrected chi connectivity index (χ3v) is 1.73. The van der Waals surface area contributed by atoms with Crippen molar-refractivity contribution in [1.29, 1.82) is 0 Å². The van der Waals surface area contributed by atoms with Crippen LogP contribution in [0.3, 0.4) is 0 Å². The molecule has 1 atom stereocenters. The Balaban J connectivity index is 3.83. The van der Waals surface area contributed by atoms with Crippen LogP contribution < -0.4 is 10.6 Å². The Labute approximate surface area is 101 Å². The van der Waals surface area contributed by atoms with E-state index in [1.807, 2.05) is 0 Å². The second-order valence-corrected chi connectivity index (χ2v) is 4.75. The van der Waals surface area contributed by atoms with E-state index in [1.165, 1.54) is 0 Å². The molecular formula is C10H19ClN2O3. The molecule has 0 heterocycles. The number of alkyl halides is 1. The molecular weight excluding hydrogens is 232 g/mol. The first kappa shape index (κ1) is 15.0. The molecule has 0 aliphatic heterocycles. The summed E-state index contributed by atoms with van der Waals surface area (Å²) in [6.45, 7) is 7.44. The van der Waals surface area contributed by atoms with Crippen LogP contribution in [0.5, 0.6) is 0 Å². The maximum absolute atomic E-state index is 11.3. The van der Waals surface area contributed by atoms with Crippen molar-refractivity contribution in [3.8, 4) is 0 Å². The summed E-state index contributed by atoms with van der Waals surface area (Å²) in [6, 6.07) is -0.206. The van der Waals surface area contributed by atoms with Crippen molar-refractivity contribution < 1.29 is 14.3 Å². The minimum absolute atomic E-state index is 0.0842. The van der Waals surface area contributed by atoms with Gasteiger partial charge in [-0.25, -0.2) is 4.79 Å². The van der Waals surface area contributed by atoms with E-state index in [9.17, 15) is 9.59 Å². The Morgan fingerprint density at radius 1 is 1.38 bits per heavy atom. The predicted molar refractivity (Wildman–Crippen MR) is 62.6 cm³/mol. The quantitative estimate of drug-likeness (QED) is 0.738. The number of hydrogen-bond donors (Lipinski definition) is 2. The number of nitrogens with one attached hydrogen (secondary N) is 2. The maximum atomic E-state index is 11.3. The summed E-state index contributed by atoms with van der Waals surface area (Å²) in [5.74, 6) is -0.349. The van der Waals surface area contributed by atoms with Gasteiger partial charge in [0.05, 0.1) is 0 Å². The standard InChI is InChI=1S/C10H19ClN2O3/c1-7(6-12-8(14)5-11)13-9(15)16-10(2,3)4/h7H,5-6H2,1-4H3,(H,12,14)(H,13,15). The van der Waals surface area contributed by atoms with E-state index in [-0.39, 0.29) is 17.8 Å². The summed E-state index contributed by atoms with van der Waals surface area (Å²) in [5, 5.41) is 5.16. The normalized spacial score (nSPS) is 12.8. The van der Waals surface area contributed by atoms with Gasteiger partial charge >= 0.3 is 6.09 Å². The minimum atomic E-state index is -0.525. The first-order valence-corrected chi connectivity index (χ1v) is 5.60. The van der Waals surface area contributed by atoms with Gasteiger partial charge in [-0.3, -0.25) is 4.79 Å². The van der Waals surface area contributed by atoms with Gasteiger partial charge in [0.15, 0.2) is 0 Å². The van der Waals surface area contributed by atoms with Gasteiger partial charge in [0.25, 0.3) is 0 Å². The van der Waals surface area contributed by atoms with Crippen molar-refractivity contribution in [3.63, 3.8) is 0 Å². The number of carbonyl (C=O) groups excluding carboxylic acids is 2. The zero-order valence-corrected chi connectivity index (χ0v) is 10.9. The molecule has 0 spiro atoms. The van der Waals surface area contributed by atoms with Crippen molar-refractivity contribution >= 4 is 23.6 Å². The molecule has 0 radical (unpaired) electrons. The van der Waals surface area contributed by atoms with Gasteiger partial charge in [0.2, 0.25) is 5.91 Å². The first-order chi connectivity index (χ1) is 7.24. The van der Waals surface area contributed by atoms with Gasteiger partial charge in [-0.2, -0.15) is 0 Å². The highest BCUT2D eigenvalue weighted by Gasteiger charge is 2.17. The molecule has 0 aliphatic carbocycles. The number of halogens is 1. The number of ether oxygens (including phenoxy) is 1. The van der Waals surface area contributed by atoms with Gasteiger partial charge in [-0.1, -0.05) is 0 Å². The predicted octanol–water partition coefficient (Wildman–Crippen LogP) is 1.25. The zero-order chi connectivity index (χ0) is 12.8. The Morgan fingerprint density at radius 3 is 2.38 bits per heavy atom. The molecule has 0 rings (SSSR count). The molecule has 0 aromatic heterocycles. The van der Waals surface area contributed by atoms with Crippen LogP contribution >= 0.6 is 11.6 Å². The molecule has 1 unspecified atom stereocenters. The van der Waals surface area contributed by atoms with Crippen molar-refractivity contribution in [2.24, 2.45) is 0 Å². The van der Waals surface area contributed by atoms with E-state index in [0.29, 0.717) is 6.54 Å². The topological polar surface area (TPSA) is 67.4 Å². The zero-order valence-electron chi connectivity index (χ0n) is 10.1. The van der Waals surface area contributed by atoms with E-state index >= 15 is 0 Å². The molecule has 0 fully saturated rings. The number of amides is 2. The van der Waals surface area contributed by atoms with Gasteiger partial charge in [-0.05, 0) is 27.7 Å². The average molecular weight is 251 g/mol. The lowest BCUT2D eigenvalue weighted by Crippen LogP contribution is -2.44. The van der Waals surface area contributed by atoms with E-state index in [1.54, 1.807) is 27.7 Å². The van der Waals surface area contributed by atoms with Crippen LogP contribution in [0.15, 0.2) is 0 Å². The smallest absolute Gasteiger partial charge is 0.407 e. The van der Waals surface area contributed by atoms with Crippen LogP contribution in [0, 0.1) is 0 Å². The van der Waals surface area contributed by atoms with Gasteiger partial charge in [0, 0.05) is 12.6 Å². The summed E-state index contributed by atoms with van der Waals surface area (Å²) in [4.78, 5) is 22.2. The molecule has 0 aromatic rings. The highest BCUT2D eigenvalue weighted by atomic mass is 35.5. The SMILES string of the molecule is CC(CNC(=O)CCl)NC(=O)OC(C)(C)C. The van der Waals surface area contributed by atoms with Gasteiger partial charge < -0.3 is 15.4 Å². The molecule has 2 N–H and O–H groups in total. The fraction of sp³-hybridized carbons (Fsp3) is 0.800. The van der Waals surface area contributed by atoms with E-state index in [2.05, 4.69) is 10.6 Å². The van der Waals surface area contributed by atoms with Crippen molar-refractivity contribution in [3.05, 3.63) is 0 Å². The van der Waals surface area contributed by atoms with E-state index < -0.39 is 11.7 Å². The summed E-state index contributed by atoms with van der Waals surface area (Å²) >= 11 is 5.30. The first-order valence-electron chi connectivity index (χ1n) is 5.07. The highest BCUT2D eigenvalue weighted by molar-refractivity contribution is 6.27. The molecule has 0 saturated heterocycles. The lowest BCUT2D eigenvalue weighted by molar-refractivity contribution is -0.118. The molecule has 0 aliphatic rings. The van der Waals surface area contributed by atoms with Crippen LogP contribution in [0.1, 0.15) is 27.7 Å². The van der Waals surface area contributed by atoms with Crippen LogP contribution in [0.2, 0.25) is 0 Å². The lowest BCUT2D eigenvalue weighted by Gasteiger charge is -2.22. The molecule has 94 valence electrons. The van der Waals surface area contributed by atoms with E-state index in [4.69, 9.17) is 16.3 Å². The Bertz CT molecular complexity index is 251. The Kier molecular flexibility index (Phi) is 6.18. The van der Waals surface area contributed by atoms with Crippen LogP contribution in [-0.4, -0.2) is 36.1 Å². The molecule has 0 saturated carbocycles. The van der Waals surface area contributed by atoms with Crippen molar-refractivity contribution in [2.75, 3.05) is 12.4 Å². The largest absolute Gasteiger partial charge is 0.444 e. The number of rotatable bonds is 4. The summed E-state index contributed by atoms with van der Waals surface area (Å²) < 4.78 is 5.05. The number of alkyl carbamates (subject to hydrolysis) is 1. The van der Waals surface area contributed by atoms with Crippen molar-refractivity contribution in [1.82, 2.24) is 10.6 Å². The maximum Gasteiger partial charge on any atom is 0.407 e. The molecule has 6 heteroatoms. The third kappa shape index (κ3) is 8.35. The van der Waals surface area contributed by atoms with Crippen LogP contribution in [-0.2, 0) is 9.53 Å².